The van der Waals surface area contributed by atoms with Crippen LogP contribution < -0.4 is 4.90 Å². The Hall–Kier alpha value is -1.62. The van der Waals surface area contributed by atoms with Crippen LogP contribution in [-0.4, -0.2) is 22.6 Å². The van der Waals surface area contributed by atoms with Gasteiger partial charge in [-0.25, -0.2) is 0 Å². The molecule has 0 spiro atoms. The molecule has 1 aromatic rings. The predicted octanol–water partition coefficient (Wildman–Crippen LogP) is 3.27. The summed E-state index contributed by atoms with van der Waals surface area (Å²) in [5.41, 5.74) is 1.35. The van der Waals surface area contributed by atoms with Gasteiger partial charge in [-0.2, -0.15) is 0 Å². The molecular formula is C15H22N2O3. The second-order valence-electron chi connectivity index (χ2n) is 5.96. The van der Waals surface area contributed by atoms with Crippen molar-refractivity contribution in [2.24, 2.45) is 5.92 Å². The van der Waals surface area contributed by atoms with Gasteiger partial charge in [-0.05, 0) is 37.3 Å². The van der Waals surface area contributed by atoms with E-state index in [1.54, 1.807) is 19.1 Å². The van der Waals surface area contributed by atoms with Gasteiger partial charge in [-0.1, -0.05) is 19.9 Å². The SMILES string of the molecule is CC(C)CN(c1ccc([C@H](C)O)cc1[N+](=O)[O-])C1CC1. The number of rotatable bonds is 6. The molecule has 1 aliphatic rings. The summed E-state index contributed by atoms with van der Waals surface area (Å²) in [5.74, 6) is 0.451. The lowest BCUT2D eigenvalue weighted by molar-refractivity contribution is -0.384. The van der Waals surface area contributed by atoms with Gasteiger partial charge in [0.1, 0.15) is 5.69 Å². The van der Waals surface area contributed by atoms with Gasteiger partial charge in [0.25, 0.3) is 5.69 Å². The van der Waals surface area contributed by atoms with Crippen LogP contribution in [0.2, 0.25) is 0 Å². The zero-order valence-electron chi connectivity index (χ0n) is 12.2. The molecule has 1 aliphatic carbocycles. The van der Waals surface area contributed by atoms with Gasteiger partial charge < -0.3 is 10.0 Å². The predicted molar refractivity (Wildman–Crippen MR) is 78.9 cm³/mol. The molecule has 0 unspecified atom stereocenters. The van der Waals surface area contributed by atoms with Crippen LogP contribution in [-0.2, 0) is 0 Å². The minimum atomic E-state index is -0.692. The van der Waals surface area contributed by atoms with Crippen LogP contribution in [0.5, 0.6) is 0 Å². The van der Waals surface area contributed by atoms with E-state index in [1.807, 2.05) is 0 Å². The Kier molecular flexibility index (Phi) is 4.28. The fourth-order valence-electron chi connectivity index (χ4n) is 2.41. The summed E-state index contributed by atoms with van der Waals surface area (Å²) in [5, 5.41) is 20.9. The molecule has 1 N–H and O–H groups in total. The van der Waals surface area contributed by atoms with Crippen molar-refractivity contribution in [2.75, 3.05) is 11.4 Å². The molecule has 1 atom stereocenters. The molecule has 5 nitrogen and oxygen atoms in total. The Bertz CT molecular complexity index is 496. The van der Waals surface area contributed by atoms with E-state index in [-0.39, 0.29) is 10.6 Å². The van der Waals surface area contributed by atoms with Gasteiger partial charge in [0.15, 0.2) is 0 Å². The third kappa shape index (κ3) is 3.28. The van der Waals surface area contributed by atoms with E-state index in [9.17, 15) is 15.2 Å². The monoisotopic (exact) mass is 278 g/mol. The van der Waals surface area contributed by atoms with Crippen LogP contribution >= 0.6 is 0 Å². The minimum Gasteiger partial charge on any atom is -0.389 e. The van der Waals surface area contributed by atoms with E-state index in [2.05, 4.69) is 18.7 Å². The Morgan fingerprint density at radius 2 is 2.05 bits per heavy atom. The summed E-state index contributed by atoms with van der Waals surface area (Å²) >= 11 is 0. The molecule has 1 aromatic carbocycles. The van der Waals surface area contributed by atoms with Gasteiger partial charge in [0, 0.05) is 18.7 Å². The molecule has 0 bridgehead atoms. The van der Waals surface area contributed by atoms with Gasteiger partial charge >= 0.3 is 0 Å². The number of hydrogen-bond acceptors (Lipinski definition) is 4. The molecular weight excluding hydrogens is 256 g/mol. The lowest BCUT2D eigenvalue weighted by Gasteiger charge is -2.26. The number of aliphatic hydroxyl groups is 1. The van der Waals surface area contributed by atoms with Crippen molar-refractivity contribution >= 4 is 11.4 Å². The lowest BCUT2D eigenvalue weighted by Crippen LogP contribution is -2.30. The first-order valence-corrected chi connectivity index (χ1v) is 7.13. The standard InChI is InChI=1S/C15H22N2O3/c1-10(2)9-16(13-5-6-13)14-7-4-12(11(3)18)8-15(14)17(19)20/h4,7-8,10-11,13,18H,5-6,9H2,1-3H3/t11-/m0/s1. The zero-order chi connectivity index (χ0) is 14.9. The highest BCUT2D eigenvalue weighted by Crippen LogP contribution is 2.38. The molecule has 0 aliphatic heterocycles. The first-order chi connectivity index (χ1) is 9.40. The van der Waals surface area contributed by atoms with Crippen molar-refractivity contribution in [3.8, 4) is 0 Å². The maximum absolute atomic E-state index is 11.3. The number of nitrogens with zero attached hydrogens (tertiary/aromatic N) is 2. The third-order valence-corrected chi connectivity index (χ3v) is 3.54. The van der Waals surface area contributed by atoms with Crippen LogP contribution in [0.15, 0.2) is 18.2 Å². The van der Waals surface area contributed by atoms with Crippen molar-refractivity contribution in [2.45, 2.75) is 45.8 Å². The summed E-state index contributed by atoms with van der Waals surface area (Å²) in [6.07, 6.45) is 1.51. The molecule has 0 aromatic heterocycles. The second kappa shape index (κ2) is 5.79. The molecule has 1 saturated carbocycles. The highest BCUT2D eigenvalue weighted by Gasteiger charge is 2.33. The molecule has 0 heterocycles. The molecule has 5 heteroatoms. The third-order valence-electron chi connectivity index (χ3n) is 3.54. The minimum absolute atomic E-state index is 0.0935. The van der Waals surface area contributed by atoms with Gasteiger partial charge in [0.2, 0.25) is 0 Å². The molecule has 1 fully saturated rings. The number of nitro groups is 1. The molecule has 0 amide bonds. The summed E-state index contributed by atoms with van der Waals surface area (Å²) in [7, 11) is 0. The topological polar surface area (TPSA) is 66.6 Å². The van der Waals surface area contributed by atoms with Crippen molar-refractivity contribution in [1.29, 1.82) is 0 Å². The number of benzene rings is 1. The number of aliphatic hydroxyl groups excluding tert-OH is 1. The summed E-state index contributed by atoms with van der Waals surface area (Å²) in [6, 6.07) is 5.48. The van der Waals surface area contributed by atoms with E-state index >= 15 is 0 Å². The Balaban J connectivity index is 2.40. The first kappa shape index (κ1) is 14.8. The van der Waals surface area contributed by atoms with Crippen molar-refractivity contribution < 1.29 is 10.0 Å². The maximum atomic E-state index is 11.3. The van der Waals surface area contributed by atoms with E-state index in [1.165, 1.54) is 6.07 Å². The highest BCUT2D eigenvalue weighted by molar-refractivity contribution is 5.65. The molecule has 0 radical (unpaired) electrons. The Morgan fingerprint density at radius 1 is 1.40 bits per heavy atom. The van der Waals surface area contributed by atoms with E-state index < -0.39 is 6.10 Å². The van der Waals surface area contributed by atoms with Gasteiger partial charge in [-0.3, -0.25) is 10.1 Å². The van der Waals surface area contributed by atoms with Crippen molar-refractivity contribution in [3.63, 3.8) is 0 Å². The summed E-state index contributed by atoms with van der Waals surface area (Å²) < 4.78 is 0. The molecule has 2 rings (SSSR count). The van der Waals surface area contributed by atoms with E-state index in [0.29, 0.717) is 23.2 Å². The fourth-order valence-corrected chi connectivity index (χ4v) is 2.41. The fraction of sp³-hybridized carbons (Fsp3) is 0.600. The van der Waals surface area contributed by atoms with Crippen LogP contribution in [0.3, 0.4) is 0 Å². The van der Waals surface area contributed by atoms with Crippen molar-refractivity contribution in [3.05, 3.63) is 33.9 Å². The van der Waals surface area contributed by atoms with Crippen LogP contribution in [0.25, 0.3) is 0 Å². The molecule has 0 saturated heterocycles. The smallest absolute Gasteiger partial charge is 0.292 e. The average Bonchev–Trinajstić information content (AvgIpc) is 3.19. The number of nitro benzene ring substituents is 1. The Labute approximate surface area is 119 Å². The normalized spacial score (nSPS) is 16.2. The van der Waals surface area contributed by atoms with E-state index in [4.69, 9.17) is 0 Å². The lowest BCUT2D eigenvalue weighted by atomic mass is 10.1. The van der Waals surface area contributed by atoms with Crippen molar-refractivity contribution in [1.82, 2.24) is 0 Å². The van der Waals surface area contributed by atoms with E-state index in [0.717, 1.165) is 19.4 Å². The molecule has 20 heavy (non-hydrogen) atoms. The summed E-state index contributed by atoms with van der Waals surface area (Å²) in [6.45, 7) is 6.67. The zero-order valence-corrected chi connectivity index (χ0v) is 12.2. The summed E-state index contributed by atoms with van der Waals surface area (Å²) in [4.78, 5) is 13.1. The van der Waals surface area contributed by atoms with Gasteiger partial charge in [0.05, 0.1) is 11.0 Å². The second-order valence-corrected chi connectivity index (χ2v) is 5.96. The average molecular weight is 278 g/mol. The maximum Gasteiger partial charge on any atom is 0.292 e. The first-order valence-electron chi connectivity index (χ1n) is 7.13. The highest BCUT2D eigenvalue weighted by atomic mass is 16.6. The number of hydrogen-bond donors (Lipinski definition) is 1. The van der Waals surface area contributed by atoms with Crippen LogP contribution in [0.1, 0.15) is 45.3 Å². The largest absolute Gasteiger partial charge is 0.389 e. The molecule has 110 valence electrons. The van der Waals surface area contributed by atoms with Gasteiger partial charge in [-0.15, -0.1) is 0 Å². The van der Waals surface area contributed by atoms with Crippen LogP contribution in [0.4, 0.5) is 11.4 Å². The Morgan fingerprint density at radius 3 is 2.50 bits per heavy atom. The number of anilines is 1. The quantitative estimate of drug-likeness (QED) is 0.640. The van der Waals surface area contributed by atoms with Crippen LogP contribution in [0, 0.1) is 16.0 Å².